The van der Waals surface area contributed by atoms with Gasteiger partial charge in [-0.05, 0) is 47.7 Å². The molecule has 1 aromatic heterocycles. The Bertz CT molecular complexity index is 1030. The molecule has 0 unspecified atom stereocenters. The number of nitrogens with one attached hydrogen (secondary N) is 1. The minimum absolute atomic E-state index is 0.234. The first-order chi connectivity index (χ1) is 13.6. The first-order valence-electron chi connectivity index (χ1n) is 8.84. The molecule has 1 N–H and O–H groups in total. The van der Waals surface area contributed by atoms with E-state index in [-0.39, 0.29) is 29.9 Å². The third-order valence-corrected chi connectivity index (χ3v) is 5.40. The minimum atomic E-state index is -0.348. The summed E-state index contributed by atoms with van der Waals surface area (Å²) in [5, 5.41) is 5.00. The number of carbonyl (C=O) groups is 2. The number of hydrogen-bond acceptors (Lipinski definition) is 4. The van der Waals surface area contributed by atoms with Crippen LogP contribution in [0.4, 0.5) is 10.1 Å². The second-order valence-corrected chi connectivity index (χ2v) is 7.30. The fourth-order valence-electron chi connectivity index (χ4n) is 3.10. The van der Waals surface area contributed by atoms with Crippen LogP contribution in [0.5, 0.6) is 0 Å². The van der Waals surface area contributed by atoms with Crippen LogP contribution >= 0.6 is 11.3 Å². The number of halogens is 1. The van der Waals surface area contributed by atoms with Crippen molar-refractivity contribution in [3.63, 3.8) is 0 Å². The average molecular weight is 392 g/mol. The second-order valence-electron chi connectivity index (χ2n) is 6.36. The third-order valence-electron chi connectivity index (χ3n) is 4.52. The van der Waals surface area contributed by atoms with Crippen LogP contribution in [0.3, 0.4) is 0 Å². The molecule has 1 aliphatic rings. The molecule has 28 heavy (non-hydrogen) atoms. The Morgan fingerprint density at radius 3 is 2.32 bits per heavy atom. The molecule has 0 saturated heterocycles. The molecule has 2 heterocycles. The molecular formula is C22H17FN2O2S. The molecule has 1 aliphatic heterocycles. The quantitative estimate of drug-likeness (QED) is 0.636. The summed E-state index contributed by atoms with van der Waals surface area (Å²) in [6.07, 6.45) is 0.466. The summed E-state index contributed by atoms with van der Waals surface area (Å²) < 4.78 is 13.1. The lowest BCUT2D eigenvalue weighted by molar-refractivity contribution is -0.136. The van der Waals surface area contributed by atoms with E-state index < -0.39 is 0 Å². The number of para-hydroxylation sites is 1. The molecule has 0 bridgehead atoms. The van der Waals surface area contributed by atoms with Crippen molar-refractivity contribution in [2.45, 2.75) is 6.42 Å². The standard InChI is InChI=1S/C22H17FN2O2S/c23-16-10-8-15(9-11-16)12-13-25-21(26)19(18-7-4-14-28-18)20(22(25)27)24-17-5-2-1-3-6-17/h1-11,14,24H,12-13H2. The lowest BCUT2D eigenvalue weighted by atomic mass is 10.1. The molecule has 140 valence electrons. The van der Waals surface area contributed by atoms with Crippen LogP contribution in [-0.2, 0) is 16.0 Å². The number of rotatable bonds is 6. The second kappa shape index (κ2) is 7.78. The minimum Gasteiger partial charge on any atom is -0.350 e. The van der Waals surface area contributed by atoms with Gasteiger partial charge in [-0.25, -0.2) is 4.39 Å². The Kier molecular flexibility index (Phi) is 5.04. The lowest BCUT2D eigenvalue weighted by Crippen LogP contribution is -2.34. The van der Waals surface area contributed by atoms with Gasteiger partial charge in [0.2, 0.25) is 0 Å². The monoisotopic (exact) mass is 392 g/mol. The van der Waals surface area contributed by atoms with E-state index in [2.05, 4.69) is 5.32 Å². The first kappa shape index (κ1) is 18.1. The Labute approximate surface area is 165 Å². The van der Waals surface area contributed by atoms with E-state index in [1.807, 2.05) is 47.8 Å². The van der Waals surface area contributed by atoms with Crippen LogP contribution < -0.4 is 5.32 Å². The molecule has 0 radical (unpaired) electrons. The van der Waals surface area contributed by atoms with E-state index in [1.54, 1.807) is 12.1 Å². The normalized spacial score (nSPS) is 14.1. The Hall–Kier alpha value is -3.25. The van der Waals surface area contributed by atoms with Crippen molar-refractivity contribution in [1.82, 2.24) is 4.90 Å². The molecule has 2 amide bonds. The van der Waals surface area contributed by atoms with Gasteiger partial charge in [0.1, 0.15) is 11.5 Å². The van der Waals surface area contributed by atoms with Gasteiger partial charge in [-0.2, -0.15) is 0 Å². The van der Waals surface area contributed by atoms with Crippen molar-refractivity contribution in [2.75, 3.05) is 11.9 Å². The third kappa shape index (κ3) is 3.59. The van der Waals surface area contributed by atoms with E-state index in [1.165, 1.54) is 28.4 Å². The van der Waals surface area contributed by atoms with Crippen LogP contribution in [0.2, 0.25) is 0 Å². The summed E-state index contributed by atoms with van der Waals surface area (Å²) >= 11 is 1.42. The van der Waals surface area contributed by atoms with E-state index in [4.69, 9.17) is 0 Å². The predicted molar refractivity (Wildman–Crippen MR) is 108 cm³/mol. The zero-order valence-corrected chi connectivity index (χ0v) is 15.7. The maximum absolute atomic E-state index is 13.1. The van der Waals surface area contributed by atoms with Gasteiger partial charge in [0.15, 0.2) is 0 Å². The van der Waals surface area contributed by atoms with Gasteiger partial charge in [-0.3, -0.25) is 14.5 Å². The summed E-state index contributed by atoms with van der Waals surface area (Å²) in [4.78, 5) is 28.1. The zero-order chi connectivity index (χ0) is 19.5. The maximum atomic E-state index is 13.1. The van der Waals surface area contributed by atoms with E-state index in [9.17, 15) is 14.0 Å². The summed E-state index contributed by atoms with van der Waals surface area (Å²) in [5.41, 5.74) is 2.29. The highest BCUT2D eigenvalue weighted by molar-refractivity contribution is 7.11. The SMILES string of the molecule is O=C1C(Nc2ccccc2)=C(c2cccs2)C(=O)N1CCc1ccc(F)cc1. The van der Waals surface area contributed by atoms with Gasteiger partial charge >= 0.3 is 0 Å². The van der Waals surface area contributed by atoms with Crippen molar-refractivity contribution in [3.05, 3.63) is 94.1 Å². The highest BCUT2D eigenvalue weighted by atomic mass is 32.1. The summed E-state index contributed by atoms with van der Waals surface area (Å²) in [5.74, 6) is -0.972. The summed E-state index contributed by atoms with van der Waals surface area (Å²) in [6.45, 7) is 0.234. The highest BCUT2D eigenvalue weighted by Gasteiger charge is 2.39. The number of anilines is 1. The molecule has 0 saturated carbocycles. The topological polar surface area (TPSA) is 49.4 Å². The molecule has 6 heteroatoms. The molecule has 4 rings (SSSR count). The van der Waals surface area contributed by atoms with Gasteiger partial charge in [-0.15, -0.1) is 11.3 Å². The average Bonchev–Trinajstić information content (AvgIpc) is 3.30. The van der Waals surface area contributed by atoms with Crippen molar-refractivity contribution in [3.8, 4) is 0 Å². The lowest BCUT2D eigenvalue weighted by Gasteiger charge is -2.15. The Balaban J connectivity index is 1.60. The number of nitrogens with zero attached hydrogens (tertiary/aromatic N) is 1. The van der Waals surface area contributed by atoms with E-state index >= 15 is 0 Å². The van der Waals surface area contributed by atoms with Crippen LogP contribution in [-0.4, -0.2) is 23.3 Å². The molecule has 4 nitrogen and oxygen atoms in total. The molecular weight excluding hydrogens is 375 g/mol. The molecule has 0 fully saturated rings. The summed E-state index contributed by atoms with van der Waals surface area (Å²) in [7, 11) is 0. The number of hydrogen-bond donors (Lipinski definition) is 1. The summed E-state index contributed by atoms with van der Waals surface area (Å²) in [6, 6.07) is 19.1. The van der Waals surface area contributed by atoms with Gasteiger partial charge < -0.3 is 5.32 Å². The zero-order valence-electron chi connectivity index (χ0n) is 14.9. The van der Waals surface area contributed by atoms with Crippen molar-refractivity contribution < 1.29 is 14.0 Å². The van der Waals surface area contributed by atoms with E-state index in [0.29, 0.717) is 12.0 Å². The number of imide groups is 1. The van der Waals surface area contributed by atoms with E-state index in [0.717, 1.165) is 16.1 Å². The van der Waals surface area contributed by atoms with Crippen LogP contribution in [0, 0.1) is 5.82 Å². The van der Waals surface area contributed by atoms with Crippen molar-refractivity contribution >= 4 is 34.4 Å². The Morgan fingerprint density at radius 2 is 1.64 bits per heavy atom. The fraction of sp³-hybridized carbons (Fsp3) is 0.0909. The van der Waals surface area contributed by atoms with Gasteiger partial charge in [-0.1, -0.05) is 36.4 Å². The molecule has 0 aliphatic carbocycles. The van der Waals surface area contributed by atoms with Crippen molar-refractivity contribution in [2.24, 2.45) is 0 Å². The highest BCUT2D eigenvalue weighted by Crippen LogP contribution is 2.32. The molecule has 2 aromatic carbocycles. The smallest absolute Gasteiger partial charge is 0.278 e. The molecule has 3 aromatic rings. The molecule has 0 spiro atoms. The fourth-order valence-corrected chi connectivity index (χ4v) is 3.87. The predicted octanol–water partition coefficient (Wildman–Crippen LogP) is 4.32. The maximum Gasteiger partial charge on any atom is 0.278 e. The van der Waals surface area contributed by atoms with Crippen LogP contribution in [0.1, 0.15) is 10.4 Å². The van der Waals surface area contributed by atoms with Crippen LogP contribution in [0.15, 0.2) is 77.8 Å². The first-order valence-corrected chi connectivity index (χ1v) is 9.72. The largest absolute Gasteiger partial charge is 0.350 e. The Morgan fingerprint density at radius 1 is 0.893 bits per heavy atom. The number of carbonyl (C=O) groups excluding carboxylic acids is 2. The van der Waals surface area contributed by atoms with Crippen LogP contribution in [0.25, 0.3) is 5.57 Å². The van der Waals surface area contributed by atoms with Crippen molar-refractivity contribution in [1.29, 1.82) is 0 Å². The van der Waals surface area contributed by atoms with Gasteiger partial charge in [0.05, 0.1) is 5.57 Å². The van der Waals surface area contributed by atoms with Gasteiger partial charge in [0, 0.05) is 17.1 Å². The van der Waals surface area contributed by atoms with Gasteiger partial charge in [0.25, 0.3) is 11.8 Å². The number of thiophene rings is 1. The number of amides is 2. The number of benzene rings is 2. The molecule has 0 atom stereocenters.